The molecule has 178 valence electrons. The van der Waals surface area contributed by atoms with Crippen molar-refractivity contribution in [3.8, 4) is 0 Å². The lowest BCUT2D eigenvalue weighted by Gasteiger charge is -2.61. The molecule has 0 unspecified atom stereocenters. The molecule has 0 aromatic rings. The van der Waals surface area contributed by atoms with E-state index in [9.17, 15) is 0 Å². The lowest BCUT2D eigenvalue weighted by molar-refractivity contribution is -0.101. The molecule has 1 heteroatoms. The van der Waals surface area contributed by atoms with Crippen molar-refractivity contribution in [2.75, 3.05) is 0 Å². The van der Waals surface area contributed by atoms with Gasteiger partial charge in [-0.1, -0.05) is 84.8 Å². The highest BCUT2D eigenvalue weighted by molar-refractivity contribution is 6.83. The molecule has 0 saturated heterocycles. The number of fused-ring (bicyclic) bond motifs is 5. The van der Waals surface area contributed by atoms with Crippen molar-refractivity contribution in [1.82, 2.24) is 0 Å². The van der Waals surface area contributed by atoms with Gasteiger partial charge in [-0.2, -0.15) is 0 Å². The summed E-state index contributed by atoms with van der Waals surface area (Å²) in [6.45, 7) is 20.6. The first-order valence-corrected chi connectivity index (χ1v) is 17.7. The Morgan fingerprint density at radius 3 is 2.29 bits per heavy atom. The van der Waals surface area contributed by atoms with Crippen LogP contribution in [0.2, 0.25) is 19.6 Å². The van der Waals surface area contributed by atoms with Gasteiger partial charge in [0.15, 0.2) is 0 Å². The standard InChI is InChI=1S/C30H54Si/c1-21(2)10-9-11-22(3)26-14-15-27-25-13-12-23-20-24(31(6,7)8)16-18-29(23,4)28(25)17-19-30(26,27)5/h16,21-23,25-28H,9-15,17-20H2,1-8H3/t22-,23-,25-,26-,27+,28+,29-,30+/m0/s1. The van der Waals surface area contributed by atoms with Crippen molar-refractivity contribution in [3.63, 3.8) is 0 Å². The van der Waals surface area contributed by atoms with Gasteiger partial charge in [0, 0.05) is 0 Å². The zero-order chi connectivity index (χ0) is 22.6. The van der Waals surface area contributed by atoms with Crippen molar-refractivity contribution in [1.29, 1.82) is 0 Å². The van der Waals surface area contributed by atoms with Gasteiger partial charge < -0.3 is 0 Å². The Bertz CT molecular complexity index is 668. The summed E-state index contributed by atoms with van der Waals surface area (Å²) in [5.74, 6) is 6.88. The van der Waals surface area contributed by atoms with Crippen LogP contribution in [0.1, 0.15) is 105 Å². The summed E-state index contributed by atoms with van der Waals surface area (Å²) in [5.41, 5.74) is 1.25. The van der Waals surface area contributed by atoms with Crippen LogP contribution < -0.4 is 0 Å². The summed E-state index contributed by atoms with van der Waals surface area (Å²) < 4.78 is 0. The largest absolute Gasteiger partial charge is 0.0886 e. The maximum absolute atomic E-state index is 2.76. The Labute approximate surface area is 196 Å². The van der Waals surface area contributed by atoms with Gasteiger partial charge in [0.1, 0.15) is 0 Å². The molecular formula is C30H54Si. The van der Waals surface area contributed by atoms with Gasteiger partial charge in [0.2, 0.25) is 0 Å². The molecule has 0 nitrogen and oxygen atoms in total. The highest BCUT2D eigenvalue weighted by Gasteiger charge is 2.60. The average Bonchev–Trinajstić information content (AvgIpc) is 3.03. The third-order valence-electron chi connectivity index (χ3n) is 11.5. The summed E-state index contributed by atoms with van der Waals surface area (Å²) in [7, 11) is -1.12. The Morgan fingerprint density at radius 1 is 0.903 bits per heavy atom. The van der Waals surface area contributed by atoms with Crippen LogP contribution in [0, 0.1) is 52.3 Å². The minimum absolute atomic E-state index is 0.606. The van der Waals surface area contributed by atoms with Crippen LogP contribution in [-0.2, 0) is 0 Å². The van der Waals surface area contributed by atoms with Crippen molar-refractivity contribution < 1.29 is 0 Å². The van der Waals surface area contributed by atoms with E-state index in [1.165, 1.54) is 57.8 Å². The number of rotatable bonds is 6. The Hall–Kier alpha value is -0.0431. The monoisotopic (exact) mass is 442 g/mol. The molecule has 31 heavy (non-hydrogen) atoms. The second-order valence-corrected chi connectivity index (χ2v) is 19.7. The molecule has 3 saturated carbocycles. The Balaban J connectivity index is 1.48. The molecule has 0 aliphatic heterocycles. The third-order valence-corrected chi connectivity index (χ3v) is 13.8. The van der Waals surface area contributed by atoms with E-state index in [-0.39, 0.29) is 0 Å². The van der Waals surface area contributed by atoms with Crippen LogP contribution in [0.25, 0.3) is 0 Å². The van der Waals surface area contributed by atoms with E-state index in [4.69, 9.17) is 0 Å². The van der Waals surface area contributed by atoms with E-state index in [1.807, 2.05) is 5.20 Å². The Morgan fingerprint density at radius 2 is 1.61 bits per heavy atom. The van der Waals surface area contributed by atoms with Crippen LogP contribution in [0.15, 0.2) is 11.3 Å². The lowest BCUT2D eigenvalue weighted by Crippen LogP contribution is -2.53. The molecule has 0 aromatic carbocycles. The van der Waals surface area contributed by atoms with Crippen molar-refractivity contribution in [2.45, 2.75) is 125 Å². The zero-order valence-corrected chi connectivity index (χ0v) is 23.4. The quantitative estimate of drug-likeness (QED) is 0.359. The maximum Gasteiger partial charge on any atom is 0.0720 e. The first-order valence-electron chi connectivity index (χ1n) is 14.2. The van der Waals surface area contributed by atoms with Gasteiger partial charge in [-0.25, -0.2) is 0 Å². The highest BCUT2D eigenvalue weighted by Crippen LogP contribution is 2.68. The molecule has 8 atom stereocenters. The van der Waals surface area contributed by atoms with Gasteiger partial charge in [-0.15, -0.1) is 0 Å². The molecule has 0 bridgehead atoms. The molecule has 0 radical (unpaired) electrons. The minimum atomic E-state index is -1.12. The SMILES string of the molecule is CC(C)CCC[C@H](C)[C@@H]1CC[C@@H]2[C@@H]3CC[C@H]4CC([Si](C)(C)C)=CC[C@]4(C)[C@@H]3CC[C@@]21C. The van der Waals surface area contributed by atoms with Crippen LogP contribution in [0.5, 0.6) is 0 Å². The molecule has 4 aliphatic carbocycles. The van der Waals surface area contributed by atoms with Crippen molar-refractivity contribution >= 4 is 8.07 Å². The summed E-state index contributed by atoms with van der Waals surface area (Å²) in [6.07, 6.45) is 19.2. The van der Waals surface area contributed by atoms with Crippen molar-refractivity contribution in [3.05, 3.63) is 11.3 Å². The molecule has 0 amide bonds. The van der Waals surface area contributed by atoms with E-state index in [0.717, 1.165) is 41.4 Å². The fraction of sp³-hybridized carbons (Fsp3) is 0.933. The number of hydrogen-bond donors (Lipinski definition) is 0. The average molecular weight is 443 g/mol. The molecular weight excluding hydrogens is 388 g/mol. The van der Waals surface area contributed by atoms with Gasteiger partial charge in [0.05, 0.1) is 8.07 Å². The topological polar surface area (TPSA) is 0 Å². The van der Waals surface area contributed by atoms with Crippen LogP contribution >= 0.6 is 0 Å². The fourth-order valence-electron chi connectivity index (χ4n) is 9.52. The Kier molecular flexibility index (Phi) is 6.71. The van der Waals surface area contributed by atoms with Crippen molar-refractivity contribution in [2.24, 2.45) is 52.3 Å². The first-order chi connectivity index (χ1) is 14.5. The zero-order valence-electron chi connectivity index (χ0n) is 22.4. The fourth-order valence-corrected chi connectivity index (χ4v) is 11.1. The van der Waals surface area contributed by atoms with E-state index >= 15 is 0 Å². The molecule has 0 heterocycles. The van der Waals surface area contributed by atoms with E-state index in [0.29, 0.717) is 10.8 Å². The molecule has 0 N–H and O–H groups in total. The molecule has 4 aliphatic rings. The normalized spacial score (nSPS) is 43.8. The highest BCUT2D eigenvalue weighted by atomic mass is 28.3. The van der Waals surface area contributed by atoms with E-state index in [2.05, 4.69) is 60.3 Å². The third kappa shape index (κ3) is 4.28. The van der Waals surface area contributed by atoms with Gasteiger partial charge in [0.25, 0.3) is 0 Å². The van der Waals surface area contributed by atoms with E-state index < -0.39 is 8.07 Å². The second-order valence-electron chi connectivity index (χ2n) is 14.6. The molecule has 4 rings (SSSR count). The summed E-state index contributed by atoms with van der Waals surface area (Å²) in [5, 5.41) is 1.89. The van der Waals surface area contributed by atoms with Gasteiger partial charge in [-0.05, 0) is 104 Å². The van der Waals surface area contributed by atoms with Crippen LogP contribution in [0.4, 0.5) is 0 Å². The van der Waals surface area contributed by atoms with Gasteiger partial charge >= 0.3 is 0 Å². The van der Waals surface area contributed by atoms with Gasteiger partial charge in [-0.3, -0.25) is 0 Å². The first kappa shape index (κ1) is 24.1. The smallest absolute Gasteiger partial charge is 0.0720 e. The summed E-state index contributed by atoms with van der Waals surface area (Å²) in [4.78, 5) is 0. The summed E-state index contributed by atoms with van der Waals surface area (Å²) in [6, 6.07) is 0. The van der Waals surface area contributed by atoms with Crippen LogP contribution in [-0.4, -0.2) is 8.07 Å². The predicted octanol–water partition coefficient (Wildman–Crippen LogP) is 9.52. The minimum Gasteiger partial charge on any atom is -0.0886 e. The molecule has 3 fully saturated rings. The number of hydrogen-bond acceptors (Lipinski definition) is 0. The molecule has 0 spiro atoms. The second kappa shape index (κ2) is 8.63. The summed E-state index contributed by atoms with van der Waals surface area (Å²) >= 11 is 0. The lowest BCUT2D eigenvalue weighted by atomic mass is 9.45. The molecule has 0 aromatic heterocycles. The van der Waals surface area contributed by atoms with E-state index in [1.54, 1.807) is 12.8 Å². The maximum atomic E-state index is 2.76. The number of allylic oxidation sites excluding steroid dienone is 2. The predicted molar refractivity (Wildman–Crippen MR) is 140 cm³/mol. The van der Waals surface area contributed by atoms with Crippen LogP contribution in [0.3, 0.4) is 0 Å².